The van der Waals surface area contributed by atoms with Crippen LogP contribution in [0.5, 0.6) is 5.75 Å². The van der Waals surface area contributed by atoms with Crippen LogP contribution >= 0.6 is 0 Å². The molecule has 1 unspecified atom stereocenters. The molecule has 128 valence electrons. The molecule has 1 atom stereocenters. The highest BCUT2D eigenvalue weighted by atomic mass is 16.5. The number of hydrogen-bond acceptors (Lipinski definition) is 4. The number of aromatic nitrogens is 2. The van der Waals surface area contributed by atoms with E-state index >= 15 is 0 Å². The number of benzene rings is 1. The summed E-state index contributed by atoms with van der Waals surface area (Å²) in [6.45, 7) is 6.55. The summed E-state index contributed by atoms with van der Waals surface area (Å²) < 4.78 is 5.46. The van der Waals surface area contributed by atoms with Gasteiger partial charge in [-0.15, -0.1) is 0 Å². The van der Waals surface area contributed by atoms with Crippen molar-refractivity contribution in [3.8, 4) is 5.75 Å². The minimum Gasteiger partial charge on any atom is -0.496 e. The predicted molar refractivity (Wildman–Crippen MR) is 94.6 cm³/mol. The number of rotatable bonds is 4. The van der Waals surface area contributed by atoms with Crippen LogP contribution in [0.15, 0.2) is 29.1 Å². The fraction of sp³-hybridized carbons (Fsp3) is 0.474. The summed E-state index contributed by atoms with van der Waals surface area (Å²) in [6, 6.07) is 8.14. The molecule has 5 nitrogen and oxygen atoms in total. The second-order valence-electron chi connectivity index (χ2n) is 6.55. The van der Waals surface area contributed by atoms with Gasteiger partial charge in [-0.2, -0.15) is 0 Å². The highest BCUT2D eigenvalue weighted by Gasteiger charge is 2.24. The first kappa shape index (κ1) is 16.7. The third kappa shape index (κ3) is 3.51. The van der Waals surface area contributed by atoms with Gasteiger partial charge in [0.05, 0.1) is 7.11 Å². The van der Waals surface area contributed by atoms with Crippen LogP contribution in [-0.4, -0.2) is 35.1 Å². The standard InChI is InChI=1S/C19H25N3O2/c1-13-14(2)20-18(21-19(13)23)16-8-6-10-22(12-16)11-15-7-4-5-9-17(15)24-3/h4-5,7,9,16H,6,8,10-12H2,1-3H3,(H,20,21,23). The molecule has 0 saturated carbocycles. The molecule has 1 aliphatic rings. The fourth-order valence-corrected chi connectivity index (χ4v) is 3.36. The van der Waals surface area contributed by atoms with E-state index in [0.29, 0.717) is 5.56 Å². The van der Waals surface area contributed by atoms with Crippen molar-refractivity contribution in [1.29, 1.82) is 0 Å². The van der Waals surface area contributed by atoms with Crippen LogP contribution in [0.1, 0.15) is 41.4 Å². The second kappa shape index (κ2) is 7.18. The molecule has 0 aliphatic carbocycles. The number of H-pyrrole nitrogens is 1. The lowest BCUT2D eigenvalue weighted by atomic mass is 9.96. The van der Waals surface area contributed by atoms with Crippen molar-refractivity contribution in [2.45, 2.75) is 39.2 Å². The SMILES string of the molecule is COc1ccccc1CN1CCCC(c2nc(C)c(C)c(=O)[nH]2)C1. The Labute approximate surface area is 142 Å². The second-order valence-corrected chi connectivity index (χ2v) is 6.55. The first-order valence-electron chi connectivity index (χ1n) is 8.50. The molecule has 1 aromatic carbocycles. The molecule has 0 amide bonds. The molecule has 1 aliphatic heterocycles. The van der Waals surface area contributed by atoms with Crippen molar-refractivity contribution in [3.63, 3.8) is 0 Å². The molecule has 0 spiro atoms. The zero-order valence-electron chi connectivity index (χ0n) is 14.6. The summed E-state index contributed by atoms with van der Waals surface area (Å²) in [5.41, 5.74) is 2.72. The van der Waals surface area contributed by atoms with Crippen LogP contribution in [-0.2, 0) is 6.54 Å². The Hall–Kier alpha value is -2.14. The molecular formula is C19H25N3O2. The van der Waals surface area contributed by atoms with E-state index in [9.17, 15) is 4.79 Å². The van der Waals surface area contributed by atoms with E-state index in [1.165, 1.54) is 5.56 Å². The Bertz CT molecular complexity index is 769. The Balaban J connectivity index is 1.76. The van der Waals surface area contributed by atoms with Crippen LogP contribution in [0.2, 0.25) is 0 Å². The van der Waals surface area contributed by atoms with Gasteiger partial charge >= 0.3 is 0 Å². The van der Waals surface area contributed by atoms with Crippen molar-refractivity contribution in [3.05, 3.63) is 57.3 Å². The van der Waals surface area contributed by atoms with E-state index < -0.39 is 0 Å². The van der Waals surface area contributed by atoms with Gasteiger partial charge in [0.15, 0.2) is 0 Å². The molecule has 0 bridgehead atoms. The van der Waals surface area contributed by atoms with E-state index in [4.69, 9.17) is 4.74 Å². The number of aromatic amines is 1. The van der Waals surface area contributed by atoms with Crippen molar-refractivity contribution in [2.24, 2.45) is 0 Å². The summed E-state index contributed by atoms with van der Waals surface area (Å²) in [7, 11) is 1.71. The zero-order valence-corrected chi connectivity index (χ0v) is 14.6. The number of para-hydroxylation sites is 1. The van der Waals surface area contributed by atoms with Crippen molar-refractivity contribution < 1.29 is 4.74 Å². The van der Waals surface area contributed by atoms with Gasteiger partial charge in [0, 0.05) is 35.8 Å². The molecule has 2 aromatic rings. The van der Waals surface area contributed by atoms with Gasteiger partial charge in [-0.25, -0.2) is 4.98 Å². The first-order valence-corrected chi connectivity index (χ1v) is 8.50. The monoisotopic (exact) mass is 327 g/mol. The van der Waals surface area contributed by atoms with E-state index in [1.807, 2.05) is 32.0 Å². The molecular weight excluding hydrogens is 302 g/mol. The van der Waals surface area contributed by atoms with Crippen molar-refractivity contribution >= 4 is 0 Å². The molecule has 2 heterocycles. The lowest BCUT2D eigenvalue weighted by Gasteiger charge is -2.32. The van der Waals surface area contributed by atoms with E-state index in [-0.39, 0.29) is 11.5 Å². The summed E-state index contributed by atoms with van der Waals surface area (Å²) in [6.07, 6.45) is 2.17. The van der Waals surface area contributed by atoms with Crippen LogP contribution in [0.4, 0.5) is 0 Å². The molecule has 24 heavy (non-hydrogen) atoms. The largest absolute Gasteiger partial charge is 0.496 e. The van der Waals surface area contributed by atoms with Crippen LogP contribution in [0.3, 0.4) is 0 Å². The first-order chi connectivity index (χ1) is 11.6. The number of piperidine rings is 1. The molecule has 1 aromatic heterocycles. The molecule has 1 saturated heterocycles. The predicted octanol–water partition coefficient (Wildman–Crippen LogP) is 2.77. The van der Waals surface area contributed by atoms with Crippen LogP contribution in [0.25, 0.3) is 0 Å². The van der Waals surface area contributed by atoms with Gasteiger partial charge in [-0.3, -0.25) is 9.69 Å². The highest BCUT2D eigenvalue weighted by molar-refractivity contribution is 5.33. The van der Waals surface area contributed by atoms with Gasteiger partial charge in [-0.1, -0.05) is 18.2 Å². The molecule has 1 N–H and O–H groups in total. The van der Waals surface area contributed by atoms with E-state index in [1.54, 1.807) is 7.11 Å². The third-order valence-electron chi connectivity index (χ3n) is 4.89. The Kier molecular flexibility index (Phi) is 5.00. The number of hydrogen-bond donors (Lipinski definition) is 1. The number of nitrogens with zero attached hydrogens (tertiary/aromatic N) is 2. The Morgan fingerprint density at radius 3 is 2.88 bits per heavy atom. The lowest BCUT2D eigenvalue weighted by molar-refractivity contribution is 0.194. The Morgan fingerprint density at radius 1 is 1.33 bits per heavy atom. The normalized spacial score (nSPS) is 18.5. The van der Waals surface area contributed by atoms with Gasteiger partial charge in [0.2, 0.25) is 0 Å². The summed E-state index contributed by atoms with van der Waals surface area (Å²) in [5, 5.41) is 0. The highest BCUT2D eigenvalue weighted by Crippen LogP contribution is 2.27. The average molecular weight is 327 g/mol. The number of methoxy groups -OCH3 is 1. The fourth-order valence-electron chi connectivity index (χ4n) is 3.36. The van der Waals surface area contributed by atoms with Gasteiger partial charge in [0.1, 0.15) is 11.6 Å². The number of aryl methyl sites for hydroxylation is 1. The Morgan fingerprint density at radius 2 is 2.12 bits per heavy atom. The van der Waals surface area contributed by atoms with Gasteiger partial charge in [-0.05, 0) is 39.3 Å². The molecule has 0 radical (unpaired) electrons. The maximum Gasteiger partial charge on any atom is 0.254 e. The lowest BCUT2D eigenvalue weighted by Crippen LogP contribution is -2.35. The minimum absolute atomic E-state index is 0.0145. The molecule has 1 fully saturated rings. The topological polar surface area (TPSA) is 58.2 Å². The summed E-state index contributed by atoms with van der Waals surface area (Å²) in [4.78, 5) is 22.1. The number of likely N-dealkylation sites (tertiary alicyclic amines) is 1. The maximum atomic E-state index is 12.0. The van der Waals surface area contributed by atoms with Crippen molar-refractivity contribution in [2.75, 3.05) is 20.2 Å². The van der Waals surface area contributed by atoms with Gasteiger partial charge < -0.3 is 9.72 Å². The molecule has 3 rings (SSSR count). The van der Waals surface area contributed by atoms with Crippen LogP contribution < -0.4 is 10.3 Å². The third-order valence-corrected chi connectivity index (χ3v) is 4.89. The maximum absolute atomic E-state index is 12.0. The molecule has 5 heteroatoms. The van der Waals surface area contributed by atoms with Crippen molar-refractivity contribution in [1.82, 2.24) is 14.9 Å². The van der Waals surface area contributed by atoms with E-state index in [0.717, 1.165) is 49.7 Å². The smallest absolute Gasteiger partial charge is 0.254 e. The average Bonchev–Trinajstić information content (AvgIpc) is 2.60. The number of ether oxygens (including phenoxy) is 1. The van der Waals surface area contributed by atoms with Crippen LogP contribution in [0, 0.1) is 13.8 Å². The summed E-state index contributed by atoms with van der Waals surface area (Å²) in [5.74, 6) is 2.03. The van der Waals surface area contributed by atoms with Gasteiger partial charge in [0.25, 0.3) is 5.56 Å². The number of nitrogens with one attached hydrogen (secondary N) is 1. The summed E-state index contributed by atoms with van der Waals surface area (Å²) >= 11 is 0. The quantitative estimate of drug-likeness (QED) is 0.938. The minimum atomic E-state index is -0.0145. The zero-order chi connectivity index (χ0) is 17.1. The van der Waals surface area contributed by atoms with E-state index in [2.05, 4.69) is 20.9 Å².